The van der Waals surface area contributed by atoms with Crippen molar-refractivity contribution in [2.24, 2.45) is 0 Å². The van der Waals surface area contributed by atoms with Gasteiger partial charge in [0.2, 0.25) is 5.91 Å². The van der Waals surface area contributed by atoms with Crippen LogP contribution in [0.5, 0.6) is 5.75 Å². The third-order valence-corrected chi connectivity index (χ3v) is 2.93. The summed E-state index contributed by atoms with van der Waals surface area (Å²) in [6, 6.07) is 14.8. The molecular weight excluding hydrogens is 264 g/mol. The number of nitrogen functional groups attached to an aromatic ring is 1. The van der Waals surface area contributed by atoms with Crippen LogP contribution in [0.2, 0.25) is 0 Å². The van der Waals surface area contributed by atoms with E-state index in [1.54, 1.807) is 6.07 Å². The van der Waals surface area contributed by atoms with Crippen LogP contribution >= 0.6 is 0 Å². The zero-order chi connectivity index (χ0) is 15.2. The van der Waals surface area contributed by atoms with E-state index in [4.69, 9.17) is 10.5 Å². The number of hydrogen-bond donors (Lipinski definition) is 2. The fraction of sp³-hybridized carbons (Fsp3) is 0.235. The Kier molecular flexibility index (Phi) is 4.82. The zero-order valence-electron chi connectivity index (χ0n) is 12.3. The minimum absolute atomic E-state index is 0.0489. The molecule has 110 valence electrons. The van der Waals surface area contributed by atoms with E-state index in [0.717, 1.165) is 5.56 Å². The van der Waals surface area contributed by atoms with Crippen LogP contribution in [0.25, 0.3) is 0 Å². The van der Waals surface area contributed by atoms with Crippen molar-refractivity contribution in [2.45, 2.75) is 26.4 Å². The lowest BCUT2D eigenvalue weighted by molar-refractivity contribution is -0.115. The van der Waals surface area contributed by atoms with Crippen LogP contribution < -0.4 is 15.8 Å². The van der Waals surface area contributed by atoms with Crippen LogP contribution in [-0.4, -0.2) is 12.0 Å². The van der Waals surface area contributed by atoms with Gasteiger partial charge in [-0.1, -0.05) is 30.3 Å². The molecule has 0 heterocycles. The Morgan fingerprint density at radius 3 is 2.52 bits per heavy atom. The monoisotopic (exact) mass is 284 g/mol. The molecule has 0 saturated carbocycles. The molecule has 2 rings (SSSR count). The van der Waals surface area contributed by atoms with Crippen molar-refractivity contribution in [1.29, 1.82) is 0 Å². The molecule has 1 amide bonds. The molecule has 21 heavy (non-hydrogen) atoms. The van der Waals surface area contributed by atoms with Gasteiger partial charge in [0.05, 0.1) is 18.2 Å². The molecule has 0 radical (unpaired) electrons. The molecule has 2 aromatic carbocycles. The lowest BCUT2D eigenvalue weighted by Crippen LogP contribution is -2.17. The summed E-state index contributed by atoms with van der Waals surface area (Å²) in [5.74, 6) is 0.551. The number of nitrogens with two attached hydrogens (primary N) is 1. The van der Waals surface area contributed by atoms with Crippen LogP contribution in [-0.2, 0) is 11.2 Å². The summed E-state index contributed by atoms with van der Waals surface area (Å²) < 4.78 is 5.68. The van der Waals surface area contributed by atoms with Crippen molar-refractivity contribution < 1.29 is 9.53 Å². The van der Waals surface area contributed by atoms with Gasteiger partial charge in [-0.15, -0.1) is 0 Å². The minimum Gasteiger partial charge on any atom is -0.489 e. The van der Waals surface area contributed by atoms with Crippen molar-refractivity contribution in [3.05, 3.63) is 54.1 Å². The first-order valence-electron chi connectivity index (χ1n) is 6.95. The number of carbonyl (C=O) groups is 1. The summed E-state index contributed by atoms with van der Waals surface area (Å²) in [5, 5.41) is 2.87. The van der Waals surface area contributed by atoms with Gasteiger partial charge >= 0.3 is 0 Å². The molecular formula is C17H20N2O2. The highest BCUT2D eigenvalue weighted by Gasteiger charge is 2.10. The largest absolute Gasteiger partial charge is 0.489 e. The molecule has 0 saturated heterocycles. The molecule has 0 aliphatic carbocycles. The average Bonchev–Trinajstić information content (AvgIpc) is 2.43. The quantitative estimate of drug-likeness (QED) is 0.828. The lowest BCUT2D eigenvalue weighted by Gasteiger charge is -2.15. The SMILES string of the molecule is CC(C)Oc1ccccc1NC(=O)Cc1ccccc1N. The van der Waals surface area contributed by atoms with Crippen LogP contribution in [0, 0.1) is 0 Å². The van der Waals surface area contributed by atoms with Crippen LogP contribution in [0.3, 0.4) is 0 Å². The number of anilines is 2. The van der Waals surface area contributed by atoms with Gasteiger partial charge in [-0.25, -0.2) is 0 Å². The number of amides is 1. The maximum absolute atomic E-state index is 12.1. The van der Waals surface area contributed by atoms with Gasteiger partial charge in [0.1, 0.15) is 5.75 Å². The van der Waals surface area contributed by atoms with E-state index < -0.39 is 0 Å². The second kappa shape index (κ2) is 6.79. The topological polar surface area (TPSA) is 64.3 Å². The van der Waals surface area contributed by atoms with Crippen LogP contribution in [0.1, 0.15) is 19.4 Å². The maximum Gasteiger partial charge on any atom is 0.228 e. The summed E-state index contributed by atoms with van der Waals surface area (Å²) >= 11 is 0. The van der Waals surface area contributed by atoms with Gasteiger partial charge in [0, 0.05) is 5.69 Å². The second-order valence-electron chi connectivity index (χ2n) is 5.09. The Morgan fingerprint density at radius 1 is 1.14 bits per heavy atom. The maximum atomic E-state index is 12.1. The van der Waals surface area contributed by atoms with Crippen molar-refractivity contribution in [2.75, 3.05) is 11.1 Å². The fourth-order valence-corrected chi connectivity index (χ4v) is 1.99. The number of carbonyl (C=O) groups excluding carboxylic acids is 1. The molecule has 0 aliphatic heterocycles. The first kappa shape index (κ1) is 14.9. The number of ether oxygens (including phenoxy) is 1. The Labute approximate surface area is 124 Å². The highest BCUT2D eigenvalue weighted by molar-refractivity contribution is 5.94. The standard InChI is InChI=1S/C17H20N2O2/c1-12(2)21-16-10-6-5-9-15(16)19-17(20)11-13-7-3-4-8-14(13)18/h3-10,12H,11,18H2,1-2H3,(H,19,20). The molecule has 0 aliphatic rings. The lowest BCUT2D eigenvalue weighted by atomic mass is 10.1. The molecule has 0 atom stereocenters. The highest BCUT2D eigenvalue weighted by atomic mass is 16.5. The van der Waals surface area contributed by atoms with E-state index in [-0.39, 0.29) is 18.4 Å². The normalized spacial score (nSPS) is 10.4. The molecule has 4 nitrogen and oxygen atoms in total. The smallest absolute Gasteiger partial charge is 0.228 e. The summed E-state index contributed by atoms with van der Waals surface area (Å²) in [4.78, 5) is 12.1. The molecule has 0 spiro atoms. The molecule has 3 N–H and O–H groups in total. The highest BCUT2D eigenvalue weighted by Crippen LogP contribution is 2.25. The zero-order valence-corrected chi connectivity index (χ0v) is 12.3. The Bertz CT molecular complexity index is 624. The van der Waals surface area contributed by atoms with Crippen LogP contribution in [0.4, 0.5) is 11.4 Å². The molecule has 0 aromatic heterocycles. The van der Waals surface area contributed by atoms with Crippen molar-refractivity contribution in [1.82, 2.24) is 0 Å². The van der Waals surface area contributed by atoms with E-state index in [0.29, 0.717) is 17.1 Å². The number of para-hydroxylation sites is 3. The number of hydrogen-bond acceptors (Lipinski definition) is 3. The predicted molar refractivity (Wildman–Crippen MR) is 85.4 cm³/mol. The van der Waals surface area contributed by atoms with E-state index in [2.05, 4.69) is 5.32 Å². The first-order chi connectivity index (χ1) is 10.1. The summed E-state index contributed by atoms with van der Waals surface area (Å²) in [5.41, 5.74) is 7.97. The van der Waals surface area contributed by atoms with Gasteiger partial charge in [0.15, 0.2) is 0 Å². The first-order valence-corrected chi connectivity index (χ1v) is 6.95. The van der Waals surface area contributed by atoms with Crippen molar-refractivity contribution >= 4 is 17.3 Å². The van der Waals surface area contributed by atoms with Gasteiger partial charge in [-0.05, 0) is 37.6 Å². The summed E-state index contributed by atoms with van der Waals surface area (Å²) in [6.07, 6.45) is 0.288. The Hall–Kier alpha value is -2.49. The molecule has 2 aromatic rings. The van der Waals surface area contributed by atoms with Crippen molar-refractivity contribution in [3.8, 4) is 5.75 Å². The number of nitrogens with one attached hydrogen (secondary N) is 1. The molecule has 0 unspecified atom stereocenters. The Balaban J connectivity index is 2.08. The molecule has 0 fully saturated rings. The second-order valence-corrected chi connectivity index (χ2v) is 5.09. The third-order valence-electron chi connectivity index (χ3n) is 2.93. The number of rotatable bonds is 5. The van der Waals surface area contributed by atoms with E-state index >= 15 is 0 Å². The van der Waals surface area contributed by atoms with E-state index in [1.165, 1.54) is 0 Å². The third kappa shape index (κ3) is 4.24. The van der Waals surface area contributed by atoms with E-state index in [1.807, 2.05) is 56.3 Å². The number of benzene rings is 2. The van der Waals surface area contributed by atoms with Gasteiger partial charge in [0.25, 0.3) is 0 Å². The van der Waals surface area contributed by atoms with Gasteiger partial charge in [-0.3, -0.25) is 4.79 Å². The van der Waals surface area contributed by atoms with Crippen LogP contribution in [0.15, 0.2) is 48.5 Å². The summed E-state index contributed by atoms with van der Waals surface area (Å²) in [7, 11) is 0. The predicted octanol–water partition coefficient (Wildman–Crippen LogP) is 3.24. The van der Waals surface area contributed by atoms with Gasteiger partial charge in [-0.2, -0.15) is 0 Å². The average molecular weight is 284 g/mol. The minimum atomic E-state index is -0.118. The molecule has 4 heteroatoms. The van der Waals surface area contributed by atoms with Crippen molar-refractivity contribution in [3.63, 3.8) is 0 Å². The van der Waals surface area contributed by atoms with E-state index in [9.17, 15) is 4.79 Å². The molecule has 0 bridgehead atoms. The summed E-state index contributed by atoms with van der Waals surface area (Å²) in [6.45, 7) is 3.90. The van der Waals surface area contributed by atoms with Gasteiger partial charge < -0.3 is 15.8 Å². The Morgan fingerprint density at radius 2 is 1.81 bits per heavy atom. The fourth-order valence-electron chi connectivity index (χ4n) is 1.99.